The zero-order valence-corrected chi connectivity index (χ0v) is 8.67. The highest BCUT2D eigenvalue weighted by Gasteiger charge is 2.22. The molecule has 0 fully saturated rings. The van der Waals surface area contributed by atoms with E-state index in [0.717, 1.165) is 12.1 Å². The third-order valence-electron chi connectivity index (χ3n) is 2.82. The van der Waals surface area contributed by atoms with E-state index in [-0.39, 0.29) is 5.41 Å². The number of nitrogens with two attached hydrogens (primary N) is 1. The molecule has 0 saturated carbocycles. The lowest BCUT2D eigenvalue weighted by Crippen LogP contribution is -2.31. The molecule has 13 heavy (non-hydrogen) atoms. The number of pyridine rings is 1. The molecular weight excluding hydrogens is 160 g/mol. The lowest BCUT2D eigenvalue weighted by atomic mass is 9.80. The van der Waals surface area contributed by atoms with Crippen molar-refractivity contribution in [2.24, 2.45) is 5.73 Å². The molecule has 0 aliphatic carbocycles. The minimum atomic E-state index is 0.105. The Balaban J connectivity index is 3.05. The van der Waals surface area contributed by atoms with Crippen molar-refractivity contribution < 1.29 is 0 Å². The van der Waals surface area contributed by atoms with Crippen LogP contribution >= 0.6 is 0 Å². The molecule has 0 saturated heterocycles. The third kappa shape index (κ3) is 2.07. The van der Waals surface area contributed by atoms with E-state index in [1.165, 1.54) is 5.56 Å². The van der Waals surface area contributed by atoms with Gasteiger partial charge in [0.05, 0.1) is 0 Å². The van der Waals surface area contributed by atoms with Gasteiger partial charge in [0.15, 0.2) is 0 Å². The predicted molar refractivity (Wildman–Crippen MR) is 55.7 cm³/mol. The Morgan fingerprint density at radius 3 is 2.69 bits per heavy atom. The van der Waals surface area contributed by atoms with Crippen LogP contribution in [0.3, 0.4) is 0 Å². The van der Waals surface area contributed by atoms with Gasteiger partial charge in [-0.3, -0.25) is 4.98 Å². The van der Waals surface area contributed by atoms with Crippen molar-refractivity contribution in [3.63, 3.8) is 0 Å². The third-order valence-corrected chi connectivity index (χ3v) is 2.82. The Hall–Kier alpha value is -0.890. The summed E-state index contributed by atoms with van der Waals surface area (Å²) in [6.07, 6.45) is 2.92. The van der Waals surface area contributed by atoms with Gasteiger partial charge in [-0.05, 0) is 31.0 Å². The van der Waals surface area contributed by atoms with E-state index in [1.54, 1.807) is 0 Å². The summed E-state index contributed by atoms with van der Waals surface area (Å²) in [7, 11) is 0. The van der Waals surface area contributed by atoms with Crippen LogP contribution in [0.4, 0.5) is 0 Å². The van der Waals surface area contributed by atoms with E-state index < -0.39 is 0 Å². The highest BCUT2D eigenvalue weighted by molar-refractivity contribution is 5.25. The maximum absolute atomic E-state index is 5.78. The van der Waals surface area contributed by atoms with Gasteiger partial charge in [-0.1, -0.05) is 13.8 Å². The standard InChI is InChI=1S/C11H18N2/c1-4-11(3,8-12)10-5-6-13-9(2)7-10/h5-7H,4,8,12H2,1-3H3. The van der Waals surface area contributed by atoms with Gasteiger partial charge in [0.2, 0.25) is 0 Å². The van der Waals surface area contributed by atoms with Gasteiger partial charge in [0, 0.05) is 23.9 Å². The van der Waals surface area contributed by atoms with Crippen molar-refractivity contribution in [1.29, 1.82) is 0 Å². The first-order chi connectivity index (χ1) is 6.12. The number of rotatable bonds is 3. The van der Waals surface area contributed by atoms with Gasteiger partial charge in [-0.2, -0.15) is 0 Å². The second-order valence-electron chi connectivity index (χ2n) is 3.80. The number of aromatic nitrogens is 1. The molecule has 0 spiro atoms. The molecule has 72 valence electrons. The number of hydrogen-bond donors (Lipinski definition) is 1. The SMILES string of the molecule is CCC(C)(CN)c1ccnc(C)c1. The Bertz CT molecular complexity index is 277. The molecule has 0 aliphatic heterocycles. The summed E-state index contributed by atoms with van der Waals surface area (Å²) in [6, 6.07) is 4.18. The fourth-order valence-corrected chi connectivity index (χ4v) is 1.39. The Morgan fingerprint density at radius 1 is 1.54 bits per heavy atom. The van der Waals surface area contributed by atoms with E-state index in [0.29, 0.717) is 6.54 Å². The molecule has 0 radical (unpaired) electrons. The van der Waals surface area contributed by atoms with Crippen molar-refractivity contribution in [1.82, 2.24) is 4.98 Å². The summed E-state index contributed by atoms with van der Waals surface area (Å²) < 4.78 is 0. The van der Waals surface area contributed by atoms with Crippen molar-refractivity contribution in [3.8, 4) is 0 Å². The molecule has 2 nitrogen and oxygen atoms in total. The van der Waals surface area contributed by atoms with E-state index in [9.17, 15) is 0 Å². The highest BCUT2D eigenvalue weighted by Crippen LogP contribution is 2.25. The van der Waals surface area contributed by atoms with Gasteiger partial charge in [0.25, 0.3) is 0 Å². The lowest BCUT2D eigenvalue weighted by molar-refractivity contribution is 0.466. The van der Waals surface area contributed by atoms with Crippen LogP contribution in [0, 0.1) is 6.92 Å². The number of aryl methyl sites for hydroxylation is 1. The average Bonchev–Trinajstić information content (AvgIpc) is 2.17. The molecule has 0 aliphatic rings. The summed E-state index contributed by atoms with van der Waals surface area (Å²) in [6.45, 7) is 7.06. The minimum absolute atomic E-state index is 0.105. The van der Waals surface area contributed by atoms with Gasteiger partial charge in [0.1, 0.15) is 0 Å². The van der Waals surface area contributed by atoms with Crippen molar-refractivity contribution in [3.05, 3.63) is 29.6 Å². The predicted octanol–water partition coefficient (Wildman–Crippen LogP) is 2.02. The molecule has 0 amide bonds. The van der Waals surface area contributed by atoms with E-state index >= 15 is 0 Å². The van der Waals surface area contributed by atoms with Crippen LogP contribution in [0.2, 0.25) is 0 Å². The van der Waals surface area contributed by atoms with Crippen LogP contribution < -0.4 is 5.73 Å². The van der Waals surface area contributed by atoms with Gasteiger partial charge in [-0.25, -0.2) is 0 Å². The molecule has 1 heterocycles. The monoisotopic (exact) mass is 178 g/mol. The first-order valence-electron chi connectivity index (χ1n) is 4.75. The quantitative estimate of drug-likeness (QED) is 0.769. The largest absolute Gasteiger partial charge is 0.330 e. The first-order valence-corrected chi connectivity index (χ1v) is 4.75. The van der Waals surface area contributed by atoms with Crippen molar-refractivity contribution in [2.45, 2.75) is 32.6 Å². The summed E-state index contributed by atoms with van der Waals surface area (Å²) in [5.41, 5.74) is 8.24. The molecule has 1 unspecified atom stereocenters. The molecule has 0 aromatic carbocycles. The van der Waals surface area contributed by atoms with Crippen LogP contribution in [0.15, 0.2) is 18.3 Å². The normalized spacial score (nSPS) is 15.4. The fraction of sp³-hybridized carbons (Fsp3) is 0.545. The minimum Gasteiger partial charge on any atom is -0.330 e. The van der Waals surface area contributed by atoms with E-state index in [4.69, 9.17) is 5.73 Å². The summed E-state index contributed by atoms with van der Waals surface area (Å²) in [4.78, 5) is 4.18. The van der Waals surface area contributed by atoms with Crippen LogP contribution in [0.25, 0.3) is 0 Å². The summed E-state index contributed by atoms with van der Waals surface area (Å²) >= 11 is 0. The van der Waals surface area contributed by atoms with Crippen LogP contribution in [-0.2, 0) is 5.41 Å². The van der Waals surface area contributed by atoms with Gasteiger partial charge in [-0.15, -0.1) is 0 Å². The molecule has 1 aromatic rings. The highest BCUT2D eigenvalue weighted by atomic mass is 14.7. The molecule has 2 N–H and O–H groups in total. The first kappa shape index (κ1) is 10.2. The number of nitrogens with zero attached hydrogens (tertiary/aromatic N) is 1. The van der Waals surface area contributed by atoms with Crippen LogP contribution in [0.5, 0.6) is 0 Å². The molecule has 0 bridgehead atoms. The lowest BCUT2D eigenvalue weighted by Gasteiger charge is -2.27. The zero-order chi connectivity index (χ0) is 9.90. The van der Waals surface area contributed by atoms with Gasteiger partial charge >= 0.3 is 0 Å². The zero-order valence-electron chi connectivity index (χ0n) is 8.67. The van der Waals surface area contributed by atoms with Crippen LogP contribution in [-0.4, -0.2) is 11.5 Å². The summed E-state index contributed by atoms with van der Waals surface area (Å²) in [5, 5.41) is 0. The average molecular weight is 178 g/mol. The fourth-order valence-electron chi connectivity index (χ4n) is 1.39. The van der Waals surface area contributed by atoms with Gasteiger partial charge < -0.3 is 5.73 Å². The number of hydrogen-bond acceptors (Lipinski definition) is 2. The smallest absolute Gasteiger partial charge is 0.0375 e. The molecule has 1 rings (SSSR count). The second-order valence-corrected chi connectivity index (χ2v) is 3.80. The molecule has 1 aromatic heterocycles. The topological polar surface area (TPSA) is 38.9 Å². The van der Waals surface area contributed by atoms with E-state index in [1.807, 2.05) is 13.1 Å². The molecule has 1 atom stereocenters. The maximum Gasteiger partial charge on any atom is 0.0375 e. The van der Waals surface area contributed by atoms with Crippen molar-refractivity contribution in [2.75, 3.05) is 6.54 Å². The molecule has 2 heteroatoms. The van der Waals surface area contributed by atoms with Crippen LogP contribution in [0.1, 0.15) is 31.5 Å². The Kier molecular flexibility index (Phi) is 3.04. The Morgan fingerprint density at radius 2 is 2.23 bits per heavy atom. The second kappa shape index (κ2) is 3.88. The maximum atomic E-state index is 5.78. The Labute approximate surface area is 80.2 Å². The summed E-state index contributed by atoms with van der Waals surface area (Å²) in [5.74, 6) is 0. The molecular formula is C11H18N2. The van der Waals surface area contributed by atoms with E-state index in [2.05, 4.69) is 31.0 Å². The van der Waals surface area contributed by atoms with Crippen molar-refractivity contribution >= 4 is 0 Å².